The van der Waals surface area contributed by atoms with Gasteiger partial charge in [-0.15, -0.1) is 0 Å². The van der Waals surface area contributed by atoms with Crippen molar-refractivity contribution in [3.05, 3.63) is 0 Å². The smallest absolute Gasteiger partial charge is 0.317 e. The van der Waals surface area contributed by atoms with E-state index in [4.69, 9.17) is 4.74 Å². The Bertz CT molecular complexity index is 375. The Morgan fingerprint density at radius 1 is 1.26 bits per heavy atom. The predicted octanol–water partition coefficient (Wildman–Crippen LogP) is 2.96. The number of amides is 2. The van der Waals surface area contributed by atoms with Crippen LogP contribution in [0.2, 0.25) is 0 Å². The van der Waals surface area contributed by atoms with Crippen LogP contribution in [0.1, 0.15) is 53.8 Å². The van der Waals surface area contributed by atoms with Crippen LogP contribution in [-0.4, -0.2) is 67.8 Å². The first-order chi connectivity index (χ1) is 11.1. The number of ether oxygens (including phenoxy) is 1. The van der Waals surface area contributed by atoms with Crippen LogP contribution in [0, 0.1) is 5.92 Å². The molecule has 1 atom stereocenters. The van der Waals surface area contributed by atoms with Gasteiger partial charge in [-0.05, 0) is 45.1 Å². The van der Waals surface area contributed by atoms with Gasteiger partial charge in [-0.3, -0.25) is 4.90 Å². The zero-order chi connectivity index (χ0) is 16.7. The molecule has 0 saturated carbocycles. The molecule has 0 aromatic rings. The quantitative estimate of drug-likeness (QED) is 0.790. The molecule has 0 aromatic heterocycles. The molecule has 2 heterocycles. The van der Waals surface area contributed by atoms with E-state index >= 15 is 0 Å². The average molecular weight is 328 g/mol. The molecular weight excluding hydrogens is 290 g/mol. The molecule has 2 saturated heterocycles. The van der Waals surface area contributed by atoms with Crippen LogP contribution in [0.5, 0.6) is 0 Å². The maximum absolute atomic E-state index is 12.4. The lowest BCUT2D eigenvalue weighted by Crippen LogP contribution is -2.50. The molecule has 1 N–H and O–H groups in total. The zero-order valence-corrected chi connectivity index (χ0v) is 15.3. The molecule has 5 nitrogen and oxygen atoms in total. The number of nitrogens with one attached hydrogen (secondary N) is 1. The lowest BCUT2D eigenvalue weighted by Gasteiger charge is -2.43. The molecule has 2 aliphatic heterocycles. The molecule has 2 aliphatic rings. The first-order valence-electron chi connectivity index (χ1n) is 9.39. The van der Waals surface area contributed by atoms with E-state index in [9.17, 15) is 4.79 Å². The summed E-state index contributed by atoms with van der Waals surface area (Å²) < 4.78 is 5.53. The molecule has 0 aliphatic carbocycles. The number of carbonyl (C=O) groups is 1. The summed E-state index contributed by atoms with van der Waals surface area (Å²) in [4.78, 5) is 16.9. The maximum atomic E-state index is 12.4. The topological polar surface area (TPSA) is 44.8 Å². The second kappa shape index (κ2) is 8.88. The minimum atomic E-state index is 0. The van der Waals surface area contributed by atoms with Gasteiger partial charge in [0.1, 0.15) is 0 Å². The third-order valence-electron chi connectivity index (χ3n) is 5.92. The first kappa shape index (κ1) is 18.5. The van der Waals surface area contributed by atoms with Gasteiger partial charge in [0, 0.05) is 46.4 Å². The third-order valence-corrected chi connectivity index (χ3v) is 5.92. The second-order valence-corrected chi connectivity index (χ2v) is 7.38. The highest BCUT2D eigenvalue weighted by molar-refractivity contribution is 5.74. The summed E-state index contributed by atoms with van der Waals surface area (Å²) in [6.07, 6.45) is 6.74. The van der Waals surface area contributed by atoms with E-state index in [1.807, 2.05) is 4.90 Å². The normalized spacial score (nSPS) is 23.5. The van der Waals surface area contributed by atoms with E-state index in [0.29, 0.717) is 0 Å². The standard InChI is InChI=1S/C18H35N3O2.H2/c1-4-16(2)6-5-10-19-17(22)21-11-7-18(20(3)12-13-21)8-14-23-15-9-18;/h16H,4-15H2,1-3H3,(H,19,22);1H. The number of nitrogens with zero attached hydrogens (tertiary/aromatic N) is 2. The molecule has 2 amide bonds. The summed E-state index contributed by atoms with van der Waals surface area (Å²) >= 11 is 0. The average Bonchev–Trinajstić information content (AvgIpc) is 2.72. The fourth-order valence-corrected chi connectivity index (χ4v) is 3.70. The second-order valence-electron chi connectivity index (χ2n) is 7.38. The number of urea groups is 1. The van der Waals surface area contributed by atoms with Crippen molar-refractivity contribution in [3.8, 4) is 0 Å². The predicted molar refractivity (Wildman–Crippen MR) is 95.8 cm³/mol. The van der Waals surface area contributed by atoms with Gasteiger partial charge in [0.25, 0.3) is 0 Å². The van der Waals surface area contributed by atoms with Crippen molar-refractivity contribution < 1.29 is 11.0 Å². The van der Waals surface area contributed by atoms with Gasteiger partial charge in [0.2, 0.25) is 0 Å². The van der Waals surface area contributed by atoms with Crippen LogP contribution in [0.3, 0.4) is 0 Å². The van der Waals surface area contributed by atoms with E-state index in [1.165, 1.54) is 12.8 Å². The Balaban J connectivity index is 0.00000288. The van der Waals surface area contributed by atoms with Gasteiger partial charge in [-0.25, -0.2) is 4.79 Å². The van der Waals surface area contributed by atoms with Crippen LogP contribution >= 0.6 is 0 Å². The van der Waals surface area contributed by atoms with Gasteiger partial charge in [-0.1, -0.05) is 20.3 Å². The van der Waals surface area contributed by atoms with Gasteiger partial charge >= 0.3 is 6.03 Å². The highest BCUT2D eigenvalue weighted by Crippen LogP contribution is 2.32. The van der Waals surface area contributed by atoms with Crippen LogP contribution in [0.4, 0.5) is 4.79 Å². The summed E-state index contributed by atoms with van der Waals surface area (Å²) in [5, 5.41) is 3.11. The molecule has 0 bridgehead atoms. The molecule has 5 heteroatoms. The van der Waals surface area contributed by atoms with Gasteiger partial charge in [0.15, 0.2) is 0 Å². The van der Waals surface area contributed by atoms with Crippen LogP contribution < -0.4 is 5.32 Å². The van der Waals surface area contributed by atoms with Crippen molar-refractivity contribution in [2.75, 3.05) is 46.4 Å². The SMILES string of the molecule is CCC(C)CCCNC(=O)N1CCN(C)C2(CCOCC2)CC1.[HH]. The molecule has 1 spiro atoms. The van der Waals surface area contributed by atoms with E-state index in [1.54, 1.807) is 0 Å². The summed E-state index contributed by atoms with van der Waals surface area (Å²) in [6.45, 7) is 9.66. The molecule has 0 radical (unpaired) electrons. The minimum absolute atomic E-state index is 0. The van der Waals surface area contributed by atoms with Crippen LogP contribution in [0.25, 0.3) is 0 Å². The number of carbonyl (C=O) groups excluding carboxylic acids is 1. The minimum Gasteiger partial charge on any atom is -0.381 e. The summed E-state index contributed by atoms with van der Waals surface area (Å²) in [5.41, 5.74) is 0.240. The fraction of sp³-hybridized carbons (Fsp3) is 0.944. The molecule has 0 aromatic carbocycles. The lowest BCUT2D eigenvalue weighted by molar-refractivity contribution is -0.0158. The van der Waals surface area contributed by atoms with Gasteiger partial charge < -0.3 is 15.0 Å². The van der Waals surface area contributed by atoms with Crippen molar-refractivity contribution in [1.29, 1.82) is 0 Å². The highest BCUT2D eigenvalue weighted by Gasteiger charge is 2.38. The Morgan fingerprint density at radius 3 is 2.70 bits per heavy atom. The maximum Gasteiger partial charge on any atom is 0.317 e. The van der Waals surface area contributed by atoms with Gasteiger partial charge in [-0.2, -0.15) is 0 Å². The highest BCUT2D eigenvalue weighted by atomic mass is 16.5. The van der Waals surface area contributed by atoms with E-state index < -0.39 is 0 Å². The molecule has 2 fully saturated rings. The van der Waals surface area contributed by atoms with Crippen molar-refractivity contribution in [2.24, 2.45) is 5.92 Å². The van der Waals surface area contributed by atoms with E-state index in [2.05, 4.69) is 31.1 Å². The number of rotatable bonds is 5. The van der Waals surface area contributed by atoms with E-state index in [-0.39, 0.29) is 13.0 Å². The number of hydrogen-bond donors (Lipinski definition) is 1. The van der Waals surface area contributed by atoms with Crippen LogP contribution in [0.15, 0.2) is 0 Å². The monoisotopic (exact) mass is 327 g/mol. The summed E-state index contributed by atoms with van der Waals surface area (Å²) in [5.74, 6) is 0.757. The Morgan fingerprint density at radius 2 is 2.00 bits per heavy atom. The molecule has 23 heavy (non-hydrogen) atoms. The first-order valence-corrected chi connectivity index (χ1v) is 9.39. The van der Waals surface area contributed by atoms with Crippen molar-refractivity contribution in [3.63, 3.8) is 0 Å². The molecule has 1 unspecified atom stereocenters. The number of hydrogen-bond acceptors (Lipinski definition) is 3. The van der Waals surface area contributed by atoms with Crippen molar-refractivity contribution >= 4 is 6.03 Å². The lowest BCUT2D eigenvalue weighted by atomic mass is 9.85. The van der Waals surface area contributed by atoms with E-state index in [0.717, 1.165) is 71.0 Å². The van der Waals surface area contributed by atoms with Crippen molar-refractivity contribution in [1.82, 2.24) is 15.1 Å². The number of likely N-dealkylation sites (N-methyl/N-ethyl adjacent to an activating group) is 1. The zero-order valence-electron chi connectivity index (χ0n) is 15.3. The molecule has 136 valence electrons. The molecule has 2 rings (SSSR count). The Kier molecular flexibility index (Phi) is 7.15. The third kappa shape index (κ3) is 5.08. The Hall–Kier alpha value is -0.810. The summed E-state index contributed by atoms with van der Waals surface area (Å²) in [6, 6.07) is 0.117. The largest absolute Gasteiger partial charge is 0.381 e. The Labute approximate surface area is 143 Å². The van der Waals surface area contributed by atoms with Gasteiger partial charge in [0.05, 0.1) is 0 Å². The molecular formula is C18H37N3O2. The van der Waals surface area contributed by atoms with Crippen LogP contribution in [-0.2, 0) is 4.74 Å². The van der Waals surface area contributed by atoms with Crippen molar-refractivity contribution in [2.45, 2.75) is 57.9 Å². The fourth-order valence-electron chi connectivity index (χ4n) is 3.70. The summed E-state index contributed by atoms with van der Waals surface area (Å²) in [7, 11) is 2.21.